The second kappa shape index (κ2) is 6.02. The first-order valence-corrected chi connectivity index (χ1v) is 7.89. The summed E-state index contributed by atoms with van der Waals surface area (Å²) in [5.41, 5.74) is 2.50. The van der Waals surface area contributed by atoms with Gasteiger partial charge in [0.25, 0.3) is 0 Å². The van der Waals surface area contributed by atoms with Crippen molar-refractivity contribution in [2.45, 2.75) is 32.8 Å². The lowest BCUT2D eigenvalue weighted by Gasteiger charge is -2.14. The smallest absolute Gasteiger partial charge is 0.414 e. The molecule has 2 amide bonds. The summed E-state index contributed by atoms with van der Waals surface area (Å²) >= 11 is 0. The number of cyclic esters (lactones) is 1. The molecule has 1 aromatic carbocycles. The van der Waals surface area contributed by atoms with Gasteiger partial charge in [-0.05, 0) is 36.6 Å². The quantitative estimate of drug-likeness (QED) is 0.920. The highest BCUT2D eigenvalue weighted by molar-refractivity contribution is 6.03. The van der Waals surface area contributed by atoms with Crippen LogP contribution in [0.4, 0.5) is 10.5 Å². The van der Waals surface area contributed by atoms with E-state index in [4.69, 9.17) is 4.74 Å². The van der Waals surface area contributed by atoms with Crippen molar-refractivity contribution in [3.63, 3.8) is 0 Å². The second-order valence-electron chi connectivity index (χ2n) is 6.07. The SMILES string of the molecule is CC[C@H]1Cc2cc(N3C[C@H](CNC(C)=O)OC3=O)ccc2C1=O. The Labute approximate surface area is 134 Å². The van der Waals surface area contributed by atoms with Crippen LogP contribution >= 0.6 is 0 Å². The lowest BCUT2D eigenvalue weighted by molar-refractivity contribution is -0.119. The number of amides is 2. The minimum absolute atomic E-state index is 0.0540. The molecular formula is C17H20N2O4. The monoisotopic (exact) mass is 316 g/mol. The van der Waals surface area contributed by atoms with Crippen molar-refractivity contribution in [2.24, 2.45) is 5.92 Å². The van der Waals surface area contributed by atoms with Gasteiger partial charge < -0.3 is 10.1 Å². The molecule has 2 atom stereocenters. The third-order valence-electron chi connectivity index (χ3n) is 4.45. The average molecular weight is 316 g/mol. The minimum Gasteiger partial charge on any atom is -0.442 e. The van der Waals surface area contributed by atoms with Crippen LogP contribution in [0.1, 0.15) is 36.2 Å². The van der Waals surface area contributed by atoms with Crippen LogP contribution in [-0.2, 0) is 16.0 Å². The van der Waals surface area contributed by atoms with Crippen LogP contribution in [0.3, 0.4) is 0 Å². The highest BCUT2D eigenvalue weighted by Crippen LogP contribution is 2.32. The van der Waals surface area contributed by atoms with Crippen molar-refractivity contribution in [1.82, 2.24) is 5.32 Å². The van der Waals surface area contributed by atoms with Gasteiger partial charge >= 0.3 is 6.09 Å². The molecule has 1 saturated heterocycles. The molecule has 6 nitrogen and oxygen atoms in total. The number of nitrogens with zero attached hydrogens (tertiary/aromatic N) is 1. The zero-order chi connectivity index (χ0) is 16.6. The van der Waals surface area contributed by atoms with Gasteiger partial charge in [0.15, 0.2) is 5.78 Å². The normalized spacial score (nSPS) is 23.0. The number of nitrogens with one attached hydrogen (secondary N) is 1. The van der Waals surface area contributed by atoms with Gasteiger partial charge in [-0.1, -0.05) is 6.92 Å². The van der Waals surface area contributed by atoms with Crippen LogP contribution in [0.2, 0.25) is 0 Å². The molecule has 6 heteroatoms. The predicted octanol–water partition coefficient (Wildman–Crippen LogP) is 1.91. The van der Waals surface area contributed by atoms with Gasteiger partial charge in [-0.2, -0.15) is 0 Å². The van der Waals surface area contributed by atoms with E-state index in [9.17, 15) is 14.4 Å². The summed E-state index contributed by atoms with van der Waals surface area (Å²) in [4.78, 5) is 36.7. The number of benzene rings is 1. The summed E-state index contributed by atoms with van der Waals surface area (Å²) < 4.78 is 5.27. The third-order valence-corrected chi connectivity index (χ3v) is 4.45. The Balaban J connectivity index is 1.75. The number of fused-ring (bicyclic) bond motifs is 1. The van der Waals surface area contributed by atoms with E-state index in [-0.39, 0.29) is 23.7 Å². The van der Waals surface area contributed by atoms with Gasteiger partial charge in [0.05, 0.1) is 13.1 Å². The van der Waals surface area contributed by atoms with Crippen molar-refractivity contribution in [3.05, 3.63) is 29.3 Å². The van der Waals surface area contributed by atoms with Gasteiger partial charge in [0.2, 0.25) is 5.91 Å². The molecule has 0 aromatic heterocycles. The molecule has 1 aliphatic carbocycles. The van der Waals surface area contributed by atoms with Crippen LogP contribution in [0, 0.1) is 5.92 Å². The number of carbonyl (C=O) groups is 3. The van der Waals surface area contributed by atoms with Crippen LogP contribution in [0.15, 0.2) is 18.2 Å². The maximum absolute atomic E-state index is 12.2. The summed E-state index contributed by atoms with van der Waals surface area (Å²) in [6, 6.07) is 5.50. The van der Waals surface area contributed by atoms with E-state index in [1.165, 1.54) is 6.92 Å². The molecule has 1 N–H and O–H groups in total. The molecule has 0 unspecified atom stereocenters. The molecule has 0 bridgehead atoms. The second-order valence-corrected chi connectivity index (χ2v) is 6.07. The first kappa shape index (κ1) is 15.5. The molecule has 3 rings (SSSR count). The number of anilines is 1. The van der Waals surface area contributed by atoms with Crippen LogP contribution in [0.5, 0.6) is 0 Å². The van der Waals surface area contributed by atoms with E-state index >= 15 is 0 Å². The molecule has 0 radical (unpaired) electrons. The number of ether oxygens (including phenoxy) is 1. The zero-order valence-electron chi connectivity index (χ0n) is 13.3. The zero-order valence-corrected chi connectivity index (χ0v) is 13.3. The van der Waals surface area contributed by atoms with Gasteiger partial charge in [-0.25, -0.2) is 4.79 Å². The predicted molar refractivity (Wildman–Crippen MR) is 84.6 cm³/mol. The Hall–Kier alpha value is -2.37. The van der Waals surface area contributed by atoms with Crippen LogP contribution in [-0.4, -0.2) is 37.0 Å². The fraction of sp³-hybridized carbons (Fsp3) is 0.471. The van der Waals surface area contributed by atoms with Crippen LogP contribution in [0.25, 0.3) is 0 Å². The number of rotatable bonds is 4. The lowest BCUT2D eigenvalue weighted by atomic mass is 10.0. The van der Waals surface area contributed by atoms with E-state index in [2.05, 4.69) is 5.32 Å². The van der Waals surface area contributed by atoms with Crippen molar-refractivity contribution in [3.8, 4) is 0 Å². The minimum atomic E-state index is -0.420. The summed E-state index contributed by atoms with van der Waals surface area (Å²) in [6.45, 7) is 4.14. The van der Waals surface area contributed by atoms with Gasteiger partial charge in [-0.15, -0.1) is 0 Å². The van der Waals surface area contributed by atoms with E-state index in [0.717, 1.165) is 29.7 Å². The Bertz CT molecular complexity index is 671. The topological polar surface area (TPSA) is 75.7 Å². The molecular weight excluding hydrogens is 296 g/mol. The summed E-state index contributed by atoms with van der Waals surface area (Å²) in [7, 11) is 0. The molecule has 1 heterocycles. The molecule has 1 aliphatic heterocycles. The summed E-state index contributed by atoms with van der Waals surface area (Å²) in [6.07, 6.45) is 0.783. The third kappa shape index (κ3) is 2.93. The molecule has 1 aromatic rings. The van der Waals surface area contributed by atoms with Crippen LogP contribution < -0.4 is 10.2 Å². The molecule has 0 saturated carbocycles. The first-order valence-electron chi connectivity index (χ1n) is 7.89. The van der Waals surface area contributed by atoms with Crippen molar-refractivity contribution >= 4 is 23.5 Å². The Morgan fingerprint density at radius 1 is 1.39 bits per heavy atom. The van der Waals surface area contributed by atoms with E-state index < -0.39 is 6.09 Å². The molecule has 23 heavy (non-hydrogen) atoms. The van der Waals surface area contributed by atoms with Gasteiger partial charge in [0, 0.05) is 24.1 Å². The molecule has 122 valence electrons. The Morgan fingerprint density at radius 3 is 2.87 bits per heavy atom. The van der Waals surface area contributed by atoms with Crippen molar-refractivity contribution < 1.29 is 19.1 Å². The Kier molecular flexibility index (Phi) is 4.07. The fourth-order valence-corrected chi connectivity index (χ4v) is 3.16. The highest BCUT2D eigenvalue weighted by Gasteiger charge is 2.34. The maximum Gasteiger partial charge on any atom is 0.414 e. The number of hydrogen-bond acceptors (Lipinski definition) is 4. The van der Waals surface area contributed by atoms with E-state index in [1.54, 1.807) is 17.0 Å². The summed E-state index contributed by atoms with van der Waals surface area (Å²) in [5.74, 6) is 0.0982. The fourth-order valence-electron chi connectivity index (χ4n) is 3.16. The number of ketones is 1. The average Bonchev–Trinajstić information content (AvgIpc) is 3.05. The highest BCUT2D eigenvalue weighted by atomic mass is 16.6. The molecule has 1 fully saturated rings. The molecule has 0 spiro atoms. The summed E-state index contributed by atoms with van der Waals surface area (Å²) in [5, 5.41) is 2.65. The molecule has 2 aliphatic rings. The van der Waals surface area contributed by atoms with Crippen molar-refractivity contribution in [1.29, 1.82) is 0 Å². The van der Waals surface area contributed by atoms with Crippen molar-refractivity contribution in [2.75, 3.05) is 18.0 Å². The largest absolute Gasteiger partial charge is 0.442 e. The standard InChI is InChI=1S/C17H20N2O4/c1-3-11-6-12-7-13(4-5-15(12)16(11)21)19-9-14(23-17(19)22)8-18-10(2)20/h4-5,7,11,14H,3,6,8-9H2,1-2H3,(H,18,20)/t11-,14-/m0/s1. The Morgan fingerprint density at radius 2 is 2.17 bits per heavy atom. The maximum atomic E-state index is 12.2. The van der Waals surface area contributed by atoms with E-state index in [1.807, 2.05) is 13.0 Å². The van der Waals surface area contributed by atoms with E-state index in [0.29, 0.717) is 13.1 Å². The number of Topliss-reactive ketones (excluding diaryl/α,β-unsaturated/α-hetero) is 1. The first-order chi connectivity index (χ1) is 11.0. The van der Waals surface area contributed by atoms with Gasteiger partial charge in [-0.3, -0.25) is 14.5 Å². The number of hydrogen-bond donors (Lipinski definition) is 1. The number of carbonyl (C=O) groups excluding carboxylic acids is 3. The van der Waals surface area contributed by atoms with Gasteiger partial charge in [0.1, 0.15) is 6.10 Å². The lowest BCUT2D eigenvalue weighted by Crippen LogP contribution is -2.33.